The maximum atomic E-state index is 11.8. The summed E-state index contributed by atoms with van der Waals surface area (Å²) in [6.07, 6.45) is 0. The lowest BCUT2D eigenvalue weighted by molar-refractivity contribution is -0.123. The quantitative estimate of drug-likeness (QED) is 0.826. The van der Waals surface area contributed by atoms with Crippen molar-refractivity contribution < 1.29 is 19.1 Å². The normalized spacial score (nSPS) is 10.0. The molecule has 23 heavy (non-hydrogen) atoms. The second-order valence-corrected chi connectivity index (χ2v) is 5.08. The number of carbonyl (C=O) groups is 2. The predicted molar refractivity (Wildman–Crippen MR) is 86.6 cm³/mol. The van der Waals surface area contributed by atoms with Gasteiger partial charge in [0.2, 0.25) is 0 Å². The van der Waals surface area contributed by atoms with Gasteiger partial charge in [0.1, 0.15) is 5.75 Å². The lowest BCUT2D eigenvalue weighted by atomic mass is 10.2. The van der Waals surface area contributed by atoms with Crippen molar-refractivity contribution in [3.63, 3.8) is 0 Å². The topological polar surface area (TPSA) is 64.6 Å². The summed E-state index contributed by atoms with van der Waals surface area (Å²) in [5, 5.41) is 3.32. The molecule has 0 bridgehead atoms. The zero-order valence-electron chi connectivity index (χ0n) is 12.5. The van der Waals surface area contributed by atoms with E-state index < -0.39 is 5.97 Å². The Hall–Kier alpha value is -2.53. The van der Waals surface area contributed by atoms with Gasteiger partial charge in [-0.1, -0.05) is 35.9 Å². The molecule has 0 radical (unpaired) electrons. The molecule has 0 aliphatic rings. The van der Waals surface area contributed by atoms with Crippen LogP contribution in [0.15, 0.2) is 48.5 Å². The molecule has 2 aromatic rings. The molecule has 120 valence electrons. The van der Waals surface area contributed by atoms with Crippen LogP contribution < -0.4 is 10.1 Å². The molecule has 6 heteroatoms. The number of methoxy groups -OCH3 is 1. The molecule has 0 heterocycles. The van der Waals surface area contributed by atoms with E-state index in [4.69, 9.17) is 16.3 Å². The molecular weight excluding hydrogens is 318 g/mol. The molecule has 0 spiro atoms. The van der Waals surface area contributed by atoms with E-state index >= 15 is 0 Å². The smallest absolute Gasteiger partial charge is 0.337 e. The molecule has 0 atom stereocenters. The molecule has 5 nitrogen and oxygen atoms in total. The second-order valence-electron chi connectivity index (χ2n) is 4.68. The first-order valence-electron chi connectivity index (χ1n) is 6.91. The summed E-state index contributed by atoms with van der Waals surface area (Å²) in [6, 6.07) is 13.7. The number of hydrogen-bond acceptors (Lipinski definition) is 4. The minimum atomic E-state index is -0.460. The van der Waals surface area contributed by atoms with E-state index in [2.05, 4.69) is 10.1 Å². The predicted octanol–water partition coefficient (Wildman–Crippen LogP) is 2.82. The van der Waals surface area contributed by atoms with E-state index in [1.165, 1.54) is 13.2 Å². The van der Waals surface area contributed by atoms with Crippen LogP contribution in [0.3, 0.4) is 0 Å². The van der Waals surface area contributed by atoms with Gasteiger partial charge in [0.15, 0.2) is 6.61 Å². The van der Waals surface area contributed by atoms with Crippen LogP contribution in [-0.2, 0) is 16.1 Å². The molecule has 0 aromatic heterocycles. The Bertz CT molecular complexity index is 702. The first-order valence-corrected chi connectivity index (χ1v) is 7.29. The van der Waals surface area contributed by atoms with Crippen molar-refractivity contribution in [1.82, 2.24) is 5.32 Å². The number of nitrogens with one attached hydrogen (secondary N) is 1. The highest BCUT2D eigenvalue weighted by Gasteiger charge is 2.08. The van der Waals surface area contributed by atoms with Crippen LogP contribution in [0, 0.1) is 0 Å². The summed E-state index contributed by atoms with van der Waals surface area (Å²) < 4.78 is 10.00. The number of benzene rings is 2. The average Bonchev–Trinajstić information content (AvgIpc) is 2.58. The Morgan fingerprint density at radius 2 is 1.91 bits per heavy atom. The van der Waals surface area contributed by atoms with Gasteiger partial charge in [-0.2, -0.15) is 0 Å². The van der Waals surface area contributed by atoms with Gasteiger partial charge < -0.3 is 14.8 Å². The van der Waals surface area contributed by atoms with Crippen molar-refractivity contribution in [1.29, 1.82) is 0 Å². The Labute approximate surface area is 139 Å². The molecule has 0 aliphatic carbocycles. The van der Waals surface area contributed by atoms with Crippen molar-refractivity contribution in [3.05, 3.63) is 64.7 Å². The highest BCUT2D eigenvalue weighted by molar-refractivity contribution is 6.31. The zero-order chi connectivity index (χ0) is 16.7. The van der Waals surface area contributed by atoms with Gasteiger partial charge in [-0.15, -0.1) is 0 Å². The van der Waals surface area contributed by atoms with E-state index in [-0.39, 0.29) is 12.5 Å². The fourth-order valence-corrected chi connectivity index (χ4v) is 2.07. The Morgan fingerprint density at radius 3 is 2.65 bits per heavy atom. The van der Waals surface area contributed by atoms with Crippen molar-refractivity contribution in [2.75, 3.05) is 13.7 Å². The van der Waals surface area contributed by atoms with Gasteiger partial charge in [-0.3, -0.25) is 4.79 Å². The first-order chi connectivity index (χ1) is 11.1. The number of amides is 1. The van der Waals surface area contributed by atoms with Gasteiger partial charge >= 0.3 is 5.97 Å². The average molecular weight is 334 g/mol. The summed E-state index contributed by atoms with van der Waals surface area (Å²) in [5.74, 6) is -0.326. The number of esters is 1. The molecule has 1 N–H and O–H groups in total. The monoisotopic (exact) mass is 333 g/mol. The third kappa shape index (κ3) is 5.00. The Balaban J connectivity index is 1.85. The molecule has 1 amide bonds. The maximum absolute atomic E-state index is 11.8. The van der Waals surface area contributed by atoms with Crippen LogP contribution in [0.25, 0.3) is 0 Å². The highest BCUT2D eigenvalue weighted by Crippen LogP contribution is 2.15. The van der Waals surface area contributed by atoms with Gasteiger partial charge in [0.05, 0.1) is 12.7 Å². The molecular formula is C17H16ClNO4. The largest absolute Gasteiger partial charge is 0.484 e. The van der Waals surface area contributed by atoms with E-state index in [1.807, 2.05) is 18.2 Å². The Kier molecular flexibility index (Phi) is 6.00. The standard InChI is InChI=1S/C17H16ClNO4/c1-22-17(21)12-6-4-7-14(9-12)23-11-16(20)19-10-13-5-2-3-8-15(13)18/h2-9H,10-11H2,1H3,(H,19,20). The summed E-state index contributed by atoms with van der Waals surface area (Å²) in [5.41, 5.74) is 1.19. The third-order valence-electron chi connectivity index (χ3n) is 3.06. The van der Waals surface area contributed by atoms with E-state index in [9.17, 15) is 9.59 Å². The summed E-state index contributed by atoms with van der Waals surface area (Å²) in [4.78, 5) is 23.2. The van der Waals surface area contributed by atoms with Crippen LogP contribution in [-0.4, -0.2) is 25.6 Å². The molecule has 0 fully saturated rings. The van der Waals surface area contributed by atoms with Gasteiger partial charge in [-0.25, -0.2) is 4.79 Å². The fraction of sp³-hybridized carbons (Fsp3) is 0.176. The summed E-state index contributed by atoms with van der Waals surface area (Å²) in [7, 11) is 1.30. The van der Waals surface area contributed by atoms with Crippen molar-refractivity contribution in [2.24, 2.45) is 0 Å². The molecule has 2 rings (SSSR count). The van der Waals surface area contributed by atoms with Crippen LogP contribution >= 0.6 is 11.6 Å². The van der Waals surface area contributed by atoms with Crippen molar-refractivity contribution >= 4 is 23.5 Å². The SMILES string of the molecule is COC(=O)c1cccc(OCC(=O)NCc2ccccc2Cl)c1. The number of ether oxygens (including phenoxy) is 2. The summed E-state index contributed by atoms with van der Waals surface area (Å²) in [6.45, 7) is 0.166. The molecule has 0 saturated heterocycles. The molecule has 0 aliphatic heterocycles. The van der Waals surface area contributed by atoms with Gasteiger partial charge in [-0.05, 0) is 29.8 Å². The van der Waals surface area contributed by atoms with E-state index in [1.54, 1.807) is 24.3 Å². The lowest BCUT2D eigenvalue weighted by Crippen LogP contribution is -2.28. The van der Waals surface area contributed by atoms with Crippen molar-refractivity contribution in [2.45, 2.75) is 6.54 Å². The fourth-order valence-electron chi connectivity index (χ4n) is 1.87. The van der Waals surface area contributed by atoms with Gasteiger partial charge in [0, 0.05) is 11.6 Å². The number of hydrogen-bond donors (Lipinski definition) is 1. The minimum Gasteiger partial charge on any atom is -0.484 e. The number of rotatable bonds is 6. The number of carbonyl (C=O) groups excluding carboxylic acids is 2. The van der Waals surface area contributed by atoms with Crippen LogP contribution in [0.4, 0.5) is 0 Å². The molecule has 0 unspecified atom stereocenters. The molecule has 0 saturated carbocycles. The summed E-state index contributed by atoms with van der Waals surface area (Å²) >= 11 is 6.02. The zero-order valence-corrected chi connectivity index (χ0v) is 13.3. The maximum Gasteiger partial charge on any atom is 0.337 e. The lowest BCUT2D eigenvalue weighted by Gasteiger charge is -2.09. The Morgan fingerprint density at radius 1 is 1.13 bits per heavy atom. The number of halogens is 1. The molecule has 2 aromatic carbocycles. The minimum absolute atomic E-state index is 0.158. The van der Waals surface area contributed by atoms with E-state index in [0.29, 0.717) is 22.9 Å². The van der Waals surface area contributed by atoms with Gasteiger partial charge in [0.25, 0.3) is 5.91 Å². The second kappa shape index (κ2) is 8.19. The van der Waals surface area contributed by atoms with E-state index in [0.717, 1.165) is 5.56 Å². The van der Waals surface area contributed by atoms with Crippen LogP contribution in [0.1, 0.15) is 15.9 Å². The van der Waals surface area contributed by atoms with Crippen LogP contribution in [0.5, 0.6) is 5.75 Å². The van der Waals surface area contributed by atoms with Crippen molar-refractivity contribution in [3.8, 4) is 5.75 Å². The first kappa shape index (κ1) is 16.8. The third-order valence-corrected chi connectivity index (χ3v) is 3.43. The van der Waals surface area contributed by atoms with Crippen LogP contribution in [0.2, 0.25) is 5.02 Å². The highest BCUT2D eigenvalue weighted by atomic mass is 35.5.